The first kappa shape index (κ1) is 13.5. The number of aryl methyl sites for hydroxylation is 1. The smallest absolute Gasteiger partial charge is 0.284 e. The molecule has 0 aliphatic carbocycles. The monoisotopic (exact) mass is 255 g/mol. The third kappa shape index (κ3) is 3.75. The van der Waals surface area contributed by atoms with Crippen molar-refractivity contribution in [2.75, 3.05) is 13.7 Å². The lowest BCUT2D eigenvalue weighted by Gasteiger charge is -2.12. The summed E-state index contributed by atoms with van der Waals surface area (Å²) < 4.78 is 5.27. The molecule has 0 spiro atoms. The molecule has 92 valence electrons. The zero-order valence-corrected chi connectivity index (χ0v) is 10.5. The van der Waals surface area contributed by atoms with Gasteiger partial charge in [-0.3, -0.25) is 9.59 Å². The van der Waals surface area contributed by atoms with Crippen molar-refractivity contribution in [3.05, 3.63) is 28.3 Å². The Kier molecular flexibility index (Phi) is 4.97. The number of halogens is 1. The summed E-state index contributed by atoms with van der Waals surface area (Å²) in [6, 6.07) is 3.61. The normalized spacial score (nSPS) is 9.82. The van der Waals surface area contributed by atoms with Crippen molar-refractivity contribution in [3.8, 4) is 5.75 Å². The summed E-state index contributed by atoms with van der Waals surface area (Å²) in [6.07, 6.45) is 0.810. The third-order valence-corrected chi connectivity index (χ3v) is 2.54. The van der Waals surface area contributed by atoms with E-state index >= 15 is 0 Å². The van der Waals surface area contributed by atoms with Gasteiger partial charge in [0.05, 0.1) is 7.11 Å². The lowest BCUT2D eigenvalue weighted by molar-refractivity contribution is -0.131. The molecular formula is C12H14ClNO3. The van der Waals surface area contributed by atoms with E-state index in [9.17, 15) is 9.59 Å². The quantitative estimate of drug-likeness (QED) is 0.641. The van der Waals surface area contributed by atoms with E-state index in [1.165, 1.54) is 0 Å². The molecular weight excluding hydrogens is 242 g/mol. The number of rotatable bonds is 5. The van der Waals surface area contributed by atoms with Crippen LogP contribution in [-0.4, -0.2) is 25.8 Å². The van der Waals surface area contributed by atoms with Gasteiger partial charge in [-0.25, -0.2) is 0 Å². The van der Waals surface area contributed by atoms with Crippen molar-refractivity contribution in [1.29, 1.82) is 0 Å². The lowest BCUT2D eigenvalue weighted by Crippen LogP contribution is -2.26. The van der Waals surface area contributed by atoms with Gasteiger partial charge in [0.1, 0.15) is 5.75 Å². The molecule has 0 atom stereocenters. The molecule has 0 heterocycles. The van der Waals surface area contributed by atoms with Gasteiger partial charge >= 0.3 is 0 Å². The number of ether oxygens (including phenoxy) is 1. The summed E-state index contributed by atoms with van der Waals surface area (Å²) in [5.41, 5.74) is 1.85. The number of carbonyl (C=O) groups is 2. The number of nitrogens with one attached hydrogen (secondary N) is 1. The Morgan fingerprint density at radius 2 is 2.24 bits per heavy atom. The van der Waals surface area contributed by atoms with Gasteiger partial charge < -0.3 is 10.1 Å². The van der Waals surface area contributed by atoms with E-state index in [4.69, 9.17) is 16.3 Å². The van der Waals surface area contributed by atoms with E-state index in [2.05, 4.69) is 5.32 Å². The first-order chi connectivity index (χ1) is 8.08. The van der Waals surface area contributed by atoms with Gasteiger partial charge in [0.2, 0.25) is 6.29 Å². The fourth-order valence-electron chi connectivity index (χ4n) is 1.64. The van der Waals surface area contributed by atoms with Gasteiger partial charge in [-0.2, -0.15) is 0 Å². The highest BCUT2D eigenvalue weighted by Gasteiger charge is 2.08. The average Bonchev–Trinajstić information content (AvgIpc) is 2.28. The van der Waals surface area contributed by atoms with Crippen molar-refractivity contribution in [2.45, 2.75) is 13.3 Å². The van der Waals surface area contributed by atoms with E-state index in [0.717, 1.165) is 16.9 Å². The summed E-state index contributed by atoms with van der Waals surface area (Å²) in [5, 5.41) is 3.09. The van der Waals surface area contributed by atoms with E-state index in [0.29, 0.717) is 18.0 Å². The Bertz CT molecular complexity index is 432. The number of aldehydes is 1. The van der Waals surface area contributed by atoms with Crippen LogP contribution in [0.3, 0.4) is 0 Å². The highest BCUT2D eigenvalue weighted by molar-refractivity contribution is 6.30. The van der Waals surface area contributed by atoms with Crippen LogP contribution in [0.4, 0.5) is 0 Å². The van der Waals surface area contributed by atoms with Crippen LogP contribution in [0.25, 0.3) is 0 Å². The molecule has 0 aliphatic heterocycles. The van der Waals surface area contributed by atoms with E-state index < -0.39 is 5.91 Å². The van der Waals surface area contributed by atoms with Crippen LogP contribution in [0.15, 0.2) is 12.1 Å². The molecule has 0 aromatic heterocycles. The van der Waals surface area contributed by atoms with Gasteiger partial charge in [0.25, 0.3) is 5.91 Å². The molecule has 0 bridgehead atoms. The molecule has 0 saturated carbocycles. The maximum atomic E-state index is 10.8. The fourth-order valence-corrected chi connectivity index (χ4v) is 1.93. The summed E-state index contributed by atoms with van der Waals surface area (Å²) in [7, 11) is 1.59. The van der Waals surface area contributed by atoms with Crippen LogP contribution in [-0.2, 0) is 16.0 Å². The molecule has 1 amide bonds. The van der Waals surface area contributed by atoms with E-state index in [1.807, 2.05) is 13.0 Å². The Morgan fingerprint density at radius 3 is 2.82 bits per heavy atom. The maximum Gasteiger partial charge on any atom is 0.284 e. The van der Waals surface area contributed by atoms with Gasteiger partial charge in [-0.05, 0) is 36.6 Å². The molecule has 0 radical (unpaired) electrons. The fraction of sp³-hybridized carbons (Fsp3) is 0.333. The van der Waals surface area contributed by atoms with Crippen LogP contribution in [0.1, 0.15) is 11.1 Å². The lowest BCUT2D eigenvalue weighted by atomic mass is 10.1. The Morgan fingerprint density at radius 1 is 1.53 bits per heavy atom. The molecule has 1 N–H and O–H groups in total. The van der Waals surface area contributed by atoms with Crippen molar-refractivity contribution in [1.82, 2.24) is 5.32 Å². The van der Waals surface area contributed by atoms with Crippen molar-refractivity contribution in [2.24, 2.45) is 0 Å². The highest BCUT2D eigenvalue weighted by Crippen LogP contribution is 2.27. The summed E-state index contributed by atoms with van der Waals surface area (Å²) in [6.45, 7) is 2.27. The second-order valence-corrected chi connectivity index (χ2v) is 4.01. The van der Waals surface area contributed by atoms with Crippen LogP contribution >= 0.6 is 11.6 Å². The SMILES string of the molecule is COc1c(C)cc(Cl)cc1CCNC(=O)C=O. The van der Waals surface area contributed by atoms with Gasteiger partial charge in [0.15, 0.2) is 0 Å². The predicted molar refractivity (Wildman–Crippen MR) is 65.5 cm³/mol. The maximum absolute atomic E-state index is 10.8. The molecule has 17 heavy (non-hydrogen) atoms. The molecule has 1 aromatic rings. The molecule has 1 rings (SSSR count). The van der Waals surface area contributed by atoms with Crippen molar-refractivity contribution >= 4 is 23.8 Å². The number of benzene rings is 1. The minimum Gasteiger partial charge on any atom is -0.496 e. The van der Waals surface area contributed by atoms with Crippen LogP contribution < -0.4 is 10.1 Å². The molecule has 0 aliphatic rings. The molecule has 5 heteroatoms. The minimum atomic E-state index is -0.622. The highest BCUT2D eigenvalue weighted by atomic mass is 35.5. The summed E-state index contributed by atoms with van der Waals surface area (Å²) in [5.74, 6) is 0.137. The van der Waals surface area contributed by atoms with Crippen LogP contribution in [0.2, 0.25) is 5.02 Å². The Balaban J connectivity index is 2.76. The van der Waals surface area contributed by atoms with Gasteiger partial charge in [0, 0.05) is 11.6 Å². The van der Waals surface area contributed by atoms with Crippen molar-refractivity contribution in [3.63, 3.8) is 0 Å². The minimum absolute atomic E-state index is 0.250. The largest absolute Gasteiger partial charge is 0.496 e. The molecule has 0 fully saturated rings. The van der Waals surface area contributed by atoms with Crippen LogP contribution in [0, 0.1) is 6.92 Å². The Hall–Kier alpha value is -1.55. The number of carbonyl (C=O) groups excluding carboxylic acids is 2. The standard InChI is InChI=1S/C12H14ClNO3/c1-8-5-10(13)6-9(12(8)17-2)3-4-14-11(16)7-15/h5-7H,3-4H2,1-2H3,(H,14,16). The molecule has 4 nitrogen and oxygen atoms in total. The van der Waals surface area contributed by atoms with Gasteiger partial charge in [-0.15, -0.1) is 0 Å². The average molecular weight is 256 g/mol. The van der Waals surface area contributed by atoms with Crippen LogP contribution in [0.5, 0.6) is 5.75 Å². The zero-order chi connectivity index (χ0) is 12.8. The second kappa shape index (κ2) is 6.25. The summed E-state index contributed by atoms with van der Waals surface area (Å²) in [4.78, 5) is 20.9. The van der Waals surface area contributed by atoms with Crippen molar-refractivity contribution < 1.29 is 14.3 Å². The predicted octanol–water partition coefficient (Wildman–Crippen LogP) is 1.51. The molecule has 0 saturated heterocycles. The number of hydrogen-bond donors (Lipinski definition) is 1. The van der Waals surface area contributed by atoms with E-state index in [1.54, 1.807) is 13.2 Å². The molecule has 1 aromatic carbocycles. The first-order valence-corrected chi connectivity index (χ1v) is 5.52. The number of hydrogen-bond acceptors (Lipinski definition) is 3. The Labute approximate surface area is 105 Å². The first-order valence-electron chi connectivity index (χ1n) is 5.14. The third-order valence-electron chi connectivity index (χ3n) is 2.32. The van der Waals surface area contributed by atoms with Gasteiger partial charge in [-0.1, -0.05) is 11.6 Å². The number of methoxy groups -OCH3 is 1. The topological polar surface area (TPSA) is 55.4 Å². The zero-order valence-electron chi connectivity index (χ0n) is 9.75. The second-order valence-electron chi connectivity index (χ2n) is 3.57. The van der Waals surface area contributed by atoms with E-state index in [-0.39, 0.29) is 6.29 Å². The summed E-state index contributed by atoms with van der Waals surface area (Å²) >= 11 is 5.95. The molecule has 0 unspecified atom stereocenters. The number of amides is 1.